The minimum absolute atomic E-state index is 0.0261. The van der Waals surface area contributed by atoms with Crippen molar-refractivity contribution in [3.05, 3.63) is 68.4 Å². The molecule has 1 saturated heterocycles. The van der Waals surface area contributed by atoms with Crippen LogP contribution in [0.15, 0.2) is 46.6 Å². The van der Waals surface area contributed by atoms with Crippen molar-refractivity contribution in [2.75, 3.05) is 44.8 Å². The Hall–Kier alpha value is -2.62. The number of thiazole rings is 1. The summed E-state index contributed by atoms with van der Waals surface area (Å²) in [6.07, 6.45) is 0.618. The number of nitrogens with zero attached hydrogens (tertiary/aromatic N) is 4. The van der Waals surface area contributed by atoms with Crippen LogP contribution >= 0.6 is 23.1 Å². The number of amides is 1. The molecule has 0 spiro atoms. The second kappa shape index (κ2) is 10.3. The summed E-state index contributed by atoms with van der Waals surface area (Å²) in [5.41, 5.74) is 3.34. The molecule has 0 atom stereocenters. The highest BCUT2D eigenvalue weighted by Gasteiger charge is 2.29. The molecule has 1 aromatic carbocycles. The summed E-state index contributed by atoms with van der Waals surface area (Å²) < 4.78 is 7.29. The molecule has 4 heterocycles. The number of benzene rings is 1. The van der Waals surface area contributed by atoms with Crippen LogP contribution in [-0.2, 0) is 19.5 Å². The molecule has 9 heteroatoms. The van der Waals surface area contributed by atoms with Gasteiger partial charge in [-0.05, 0) is 0 Å². The monoisotopic (exact) mass is 496 g/mol. The van der Waals surface area contributed by atoms with Crippen LogP contribution in [0.5, 0.6) is 5.75 Å². The topological polar surface area (TPSA) is 67.7 Å². The van der Waals surface area contributed by atoms with Crippen LogP contribution in [0.3, 0.4) is 0 Å². The van der Waals surface area contributed by atoms with Crippen molar-refractivity contribution >= 4 is 29.0 Å². The van der Waals surface area contributed by atoms with E-state index in [0.717, 1.165) is 66.2 Å². The van der Waals surface area contributed by atoms with Gasteiger partial charge in [0.05, 0.1) is 19.3 Å². The van der Waals surface area contributed by atoms with E-state index in [9.17, 15) is 9.59 Å². The van der Waals surface area contributed by atoms with Crippen molar-refractivity contribution in [3.8, 4) is 17.0 Å². The molecule has 2 aliphatic rings. The highest BCUT2D eigenvalue weighted by Crippen LogP contribution is 2.27. The third-order valence-corrected chi connectivity index (χ3v) is 8.17. The highest BCUT2D eigenvalue weighted by molar-refractivity contribution is 7.99. The molecule has 0 radical (unpaired) electrons. The van der Waals surface area contributed by atoms with E-state index in [1.54, 1.807) is 15.9 Å². The smallest absolute Gasteiger partial charge is 0.259 e. The van der Waals surface area contributed by atoms with Crippen LogP contribution in [0, 0.1) is 0 Å². The largest absolute Gasteiger partial charge is 0.496 e. The first-order valence-electron chi connectivity index (χ1n) is 11.5. The van der Waals surface area contributed by atoms with Gasteiger partial charge in [-0.1, -0.05) is 30.3 Å². The zero-order chi connectivity index (χ0) is 23.5. The van der Waals surface area contributed by atoms with Crippen LogP contribution in [0.25, 0.3) is 11.3 Å². The Bertz CT molecular complexity index is 1220. The van der Waals surface area contributed by atoms with Crippen molar-refractivity contribution < 1.29 is 9.53 Å². The predicted octanol–water partition coefficient (Wildman–Crippen LogP) is 3.23. The lowest BCUT2D eigenvalue weighted by Crippen LogP contribution is -2.39. The van der Waals surface area contributed by atoms with Gasteiger partial charge in [0.15, 0.2) is 0 Å². The maximum Gasteiger partial charge on any atom is 0.259 e. The minimum Gasteiger partial charge on any atom is -0.496 e. The van der Waals surface area contributed by atoms with Crippen molar-refractivity contribution in [1.29, 1.82) is 0 Å². The highest BCUT2D eigenvalue weighted by atomic mass is 32.2. The molecule has 34 heavy (non-hydrogen) atoms. The molecule has 0 bridgehead atoms. The second-order valence-electron chi connectivity index (χ2n) is 8.45. The minimum atomic E-state index is -0.111. The molecule has 3 aromatic rings. The fraction of sp³-hybridized carbons (Fsp3) is 0.400. The Morgan fingerprint density at radius 3 is 2.65 bits per heavy atom. The number of aromatic nitrogens is 2. The van der Waals surface area contributed by atoms with Gasteiger partial charge in [-0.3, -0.25) is 14.5 Å². The molecule has 1 fully saturated rings. The lowest BCUT2D eigenvalue weighted by molar-refractivity contribution is 0.0766. The number of methoxy groups -OCH3 is 1. The van der Waals surface area contributed by atoms with Crippen LogP contribution < -0.4 is 10.3 Å². The maximum atomic E-state index is 13.5. The van der Waals surface area contributed by atoms with Gasteiger partial charge in [-0.15, -0.1) is 11.3 Å². The summed E-state index contributed by atoms with van der Waals surface area (Å²) in [4.78, 5) is 35.4. The van der Waals surface area contributed by atoms with Gasteiger partial charge in [0.25, 0.3) is 11.5 Å². The zero-order valence-corrected chi connectivity index (χ0v) is 20.9. The summed E-state index contributed by atoms with van der Waals surface area (Å²) in [6.45, 7) is 4.21. The number of hydrogen-bond acceptors (Lipinski definition) is 7. The summed E-state index contributed by atoms with van der Waals surface area (Å²) in [5.74, 6) is 2.24. The Kier molecular flexibility index (Phi) is 7.03. The van der Waals surface area contributed by atoms with Crippen molar-refractivity contribution in [2.24, 2.45) is 0 Å². The fourth-order valence-corrected chi connectivity index (χ4v) is 6.33. The molecule has 178 valence electrons. The van der Waals surface area contributed by atoms with E-state index in [1.165, 1.54) is 13.2 Å². The first-order chi connectivity index (χ1) is 16.6. The molecule has 0 saturated carbocycles. The third-order valence-electron chi connectivity index (χ3n) is 6.40. The Morgan fingerprint density at radius 1 is 1.09 bits per heavy atom. The van der Waals surface area contributed by atoms with Crippen molar-refractivity contribution in [3.63, 3.8) is 0 Å². The average molecular weight is 497 g/mol. The van der Waals surface area contributed by atoms with E-state index in [-0.39, 0.29) is 11.5 Å². The number of hydrogen-bond donors (Lipinski definition) is 0. The van der Waals surface area contributed by atoms with E-state index < -0.39 is 0 Å². The predicted molar refractivity (Wildman–Crippen MR) is 137 cm³/mol. The van der Waals surface area contributed by atoms with Crippen LogP contribution in [0.4, 0.5) is 0 Å². The number of carbonyl (C=O) groups is 1. The molecule has 2 aliphatic heterocycles. The van der Waals surface area contributed by atoms with E-state index in [0.29, 0.717) is 24.3 Å². The molecule has 7 nitrogen and oxygen atoms in total. The lowest BCUT2D eigenvalue weighted by Gasteiger charge is -2.28. The molecular formula is C25H28N4O3S2. The Labute approximate surface area is 207 Å². The summed E-state index contributed by atoms with van der Waals surface area (Å²) >= 11 is 3.53. The Morgan fingerprint density at radius 2 is 1.88 bits per heavy atom. The van der Waals surface area contributed by atoms with Gasteiger partial charge in [0, 0.05) is 73.4 Å². The number of carbonyl (C=O) groups excluding carboxylic acids is 1. The molecule has 5 rings (SSSR count). The number of rotatable bonds is 5. The Balaban J connectivity index is 1.37. The van der Waals surface area contributed by atoms with Gasteiger partial charge in [-0.2, -0.15) is 11.8 Å². The van der Waals surface area contributed by atoms with Gasteiger partial charge >= 0.3 is 0 Å². The van der Waals surface area contributed by atoms with Crippen LogP contribution in [-0.4, -0.2) is 70.1 Å². The van der Waals surface area contributed by atoms with Crippen LogP contribution in [0.2, 0.25) is 0 Å². The maximum absolute atomic E-state index is 13.5. The number of thioether (sulfide) groups is 1. The second-order valence-corrected chi connectivity index (χ2v) is 10.6. The molecule has 0 N–H and O–H groups in total. The molecular weight excluding hydrogens is 468 g/mol. The first kappa shape index (κ1) is 23.1. The van der Waals surface area contributed by atoms with Crippen LogP contribution in [0.1, 0.15) is 21.1 Å². The molecule has 2 aromatic heterocycles. The van der Waals surface area contributed by atoms with Crippen molar-refractivity contribution in [2.45, 2.75) is 19.5 Å². The van der Waals surface area contributed by atoms with Gasteiger partial charge in [0.2, 0.25) is 0 Å². The quantitative estimate of drug-likeness (QED) is 0.540. The fourth-order valence-electron chi connectivity index (χ4n) is 4.58. The summed E-state index contributed by atoms with van der Waals surface area (Å²) in [7, 11) is 1.53. The number of ether oxygens (including phenoxy) is 1. The zero-order valence-electron chi connectivity index (χ0n) is 19.2. The third kappa shape index (κ3) is 4.78. The lowest BCUT2D eigenvalue weighted by atomic mass is 10.1. The number of fused-ring (bicyclic) bond motifs is 1. The first-order valence-corrected chi connectivity index (χ1v) is 13.6. The average Bonchev–Trinajstić information content (AvgIpc) is 3.24. The van der Waals surface area contributed by atoms with E-state index >= 15 is 0 Å². The number of pyridine rings is 1. The van der Waals surface area contributed by atoms with Gasteiger partial charge in [0.1, 0.15) is 16.3 Å². The van der Waals surface area contributed by atoms with E-state index in [4.69, 9.17) is 9.72 Å². The van der Waals surface area contributed by atoms with Crippen molar-refractivity contribution in [1.82, 2.24) is 19.4 Å². The summed E-state index contributed by atoms with van der Waals surface area (Å²) in [5, 5.41) is 3.15. The van der Waals surface area contributed by atoms with E-state index in [2.05, 4.69) is 22.4 Å². The van der Waals surface area contributed by atoms with Gasteiger partial charge in [-0.25, -0.2) is 4.98 Å². The summed E-state index contributed by atoms with van der Waals surface area (Å²) in [6, 6.07) is 11.7. The standard InChI is InChI=1S/C25H28N4O3S2/c1-32-21-15-23(30)29-10-9-27(16-22-26-19(17-34-22)18-5-3-2-4-6-18)8-7-20(29)24(21)25(31)28-11-13-33-14-12-28/h2-6,15,17H,7-14,16H2,1H3. The molecule has 0 aliphatic carbocycles. The molecule has 1 amide bonds. The van der Waals surface area contributed by atoms with Gasteiger partial charge < -0.3 is 14.2 Å². The molecule has 0 unspecified atom stereocenters. The normalized spacial score (nSPS) is 16.7. The SMILES string of the molecule is COc1cc(=O)n2c(c1C(=O)N1CCSCC1)CCN(Cc1nc(-c3ccccc3)cs1)CC2. The van der Waals surface area contributed by atoms with E-state index in [1.807, 2.05) is 34.9 Å².